The van der Waals surface area contributed by atoms with E-state index in [9.17, 15) is 4.79 Å². The summed E-state index contributed by atoms with van der Waals surface area (Å²) >= 11 is 0. The van der Waals surface area contributed by atoms with Crippen molar-refractivity contribution in [2.45, 2.75) is 19.4 Å². The van der Waals surface area contributed by atoms with Gasteiger partial charge in [-0.3, -0.25) is 4.79 Å². The summed E-state index contributed by atoms with van der Waals surface area (Å²) in [6.45, 7) is 1.60. The van der Waals surface area contributed by atoms with Gasteiger partial charge in [0.2, 0.25) is 5.91 Å². The number of piperidine rings is 2. The number of nitrogen functional groups attached to an aromatic ring is 1. The number of carbonyl (C=O) groups is 1. The summed E-state index contributed by atoms with van der Waals surface area (Å²) < 4.78 is 0. The highest BCUT2D eigenvalue weighted by atomic mass is 16.2. The average Bonchev–Trinajstić information content (AvgIpc) is 2.22. The van der Waals surface area contributed by atoms with Gasteiger partial charge in [-0.05, 0) is 30.4 Å². The Morgan fingerprint density at radius 2 is 2.06 bits per heavy atom. The lowest BCUT2D eigenvalue weighted by atomic mass is 9.70. The average molecular weight is 216 g/mol. The summed E-state index contributed by atoms with van der Waals surface area (Å²) in [5.74, 6) is 1.38. The number of benzene rings is 1. The molecule has 1 aliphatic carbocycles. The molecule has 2 aliphatic heterocycles. The molecule has 2 bridgehead atoms. The molecule has 16 heavy (non-hydrogen) atoms. The third-order valence-corrected chi connectivity index (χ3v) is 3.79. The lowest BCUT2D eigenvalue weighted by Crippen LogP contribution is -2.52. The zero-order valence-corrected chi connectivity index (χ0v) is 9.23. The van der Waals surface area contributed by atoms with Crippen LogP contribution in [0.15, 0.2) is 24.3 Å². The summed E-state index contributed by atoms with van der Waals surface area (Å²) in [6.07, 6.45) is 2.22. The second-order valence-corrected chi connectivity index (χ2v) is 4.95. The Hall–Kier alpha value is -1.51. The van der Waals surface area contributed by atoms with E-state index in [2.05, 4.69) is 0 Å². The van der Waals surface area contributed by atoms with E-state index in [1.807, 2.05) is 29.2 Å². The molecular formula is C13H16N2O. The van der Waals surface area contributed by atoms with E-state index >= 15 is 0 Å². The number of carbonyl (C=O) groups excluding carboxylic acids is 1. The number of nitrogens with zero attached hydrogens (tertiary/aromatic N) is 1. The van der Waals surface area contributed by atoms with E-state index in [1.165, 1.54) is 0 Å². The smallest absolute Gasteiger partial charge is 0.226 e. The van der Waals surface area contributed by atoms with Crippen LogP contribution in [0.2, 0.25) is 0 Å². The molecule has 1 saturated carbocycles. The predicted octanol–water partition coefficient (Wildman–Crippen LogP) is 1.64. The number of rotatable bonds is 2. The van der Waals surface area contributed by atoms with Gasteiger partial charge in [-0.25, -0.2) is 0 Å². The summed E-state index contributed by atoms with van der Waals surface area (Å²) in [4.78, 5) is 13.9. The minimum atomic E-state index is 0.309. The molecule has 3 fully saturated rings. The van der Waals surface area contributed by atoms with E-state index < -0.39 is 0 Å². The van der Waals surface area contributed by atoms with Gasteiger partial charge in [-0.15, -0.1) is 0 Å². The van der Waals surface area contributed by atoms with Gasteiger partial charge in [-0.1, -0.05) is 18.2 Å². The van der Waals surface area contributed by atoms with Crippen molar-refractivity contribution >= 4 is 11.6 Å². The largest absolute Gasteiger partial charge is 0.398 e. The van der Waals surface area contributed by atoms with Crippen LogP contribution in [0.4, 0.5) is 5.69 Å². The minimum Gasteiger partial charge on any atom is -0.398 e. The number of fused-ring (bicyclic) bond motifs is 2. The highest BCUT2D eigenvalue weighted by Gasteiger charge is 2.43. The summed E-state index contributed by atoms with van der Waals surface area (Å²) in [5.41, 5.74) is 7.74. The van der Waals surface area contributed by atoms with Gasteiger partial charge in [0, 0.05) is 24.7 Å². The van der Waals surface area contributed by atoms with Crippen molar-refractivity contribution in [1.82, 2.24) is 4.90 Å². The molecule has 1 aromatic rings. The Morgan fingerprint density at radius 1 is 1.31 bits per heavy atom. The van der Waals surface area contributed by atoms with E-state index in [-0.39, 0.29) is 0 Å². The first kappa shape index (κ1) is 9.70. The zero-order valence-electron chi connectivity index (χ0n) is 9.23. The number of hydrogen-bond acceptors (Lipinski definition) is 2. The summed E-state index contributed by atoms with van der Waals surface area (Å²) in [7, 11) is 0. The van der Waals surface area contributed by atoms with E-state index in [4.69, 9.17) is 5.73 Å². The van der Waals surface area contributed by atoms with Gasteiger partial charge in [-0.2, -0.15) is 0 Å². The van der Waals surface area contributed by atoms with Crippen LogP contribution in [0, 0.1) is 11.8 Å². The third kappa shape index (κ3) is 1.47. The number of nitrogens with two attached hydrogens (primary N) is 1. The van der Waals surface area contributed by atoms with Gasteiger partial charge in [0.1, 0.15) is 0 Å². The quantitative estimate of drug-likeness (QED) is 0.764. The fourth-order valence-corrected chi connectivity index (χ4v) is 2.77. The van der Waals surface area contributed by atoms with Crippen LogP contribution in [0.5, 0.6) is 0 Å². The number of para-hydroxylation sites is 1. The molecule has 1 aromatic carbocycles. The van der Waals surface area contributed by atoms with Crippen molar-refractivity contribution < 1.29 is 4.79 Å². The lowest BCUT2D eigenvalue weighted by molar-refractivity contribution is -0.149. The molecule has 0 radical (unpaired) electrons. The van der Waals surface area contributed by atoms with Crippen LogP contribution in [0.1, 0.15) is 18.4 Å². The standard InChI is InChI=1S/C13H16N2O/c14-12-4-2-1-3-10(12)8-15-7-9-5-11(6-9)13(15)16/h1-4,9,11H,5-8,14H2. The molecule has 1 amide bonds. The van der Waals surface area contributed by atoms with Crippen molar-refractivity contribution in [3.05, 3.63) is 29.8 Å². The Morgan fingerprint density at radius 3 is 2.75 bits per heavy atom. The Balaban J connectivity index is 1.75. The number of anilines is 1. The Bertz CT molecular complexity index is 424. The van der Waals surface area contributed by atoms with Crippen LogP contribution in [0.3, 0.4) is 0 Å². The van der Waals surface area contributed by atoms with Gasteiger partial charge >= 0.3 is 0 Å². The maximum Gasteiger partial charge on any atom is 0.226 e. The molecule has 2 N–H and O–H groups in total. The van der Waals surface area contributed by atoms with Crippen molar-refractivity contribution in [3.8, 4) is 0 Å². The molecule has 0 aromatic heterocycles. The second kappa shape index (κ2) is 3.51. The number of amides is 1. The van der Waals surface area contributed by atoms with E-state index in [0.29, 0.717) is 18.4 Å². The molecular weight excluding hydrogens is 200 g/mol. The molecule has 0 unspecified atom stereocenters. The SMILES string of the molecule is Nc1ccccc1CN1CC2CC(C2)C1=O. The molecule has 2 heterocycles. The van der Waals surface area contributed by atoms with Crippen molar-refractivity contribution in [2.75, 3.05) is 12.3 Å². The van der Waals surface area contributed by atoms with Crippen LogP contribution in [-0.4, -0.2) is 17.4 Å². The Kier molecular flexibility index (Phi) is 2.13. The van der Waals surface area contributed by atoms with E-state index in [1.54, 1.807) is 0 Å². The van der Waals surface area contributed by atoms with Gasteiger partial charge in [0.05, 0.1) is 0 Å². The van der Waals surface area contributed by atoms with Crippen molar-refractivity contribution in [2.24, 2.45) is 11.8 Å². The highest BCUT2D eigenvalue weighted by Crippen LogP contribution is 2.40. The first-order chi connectivity index (χ1) is 7.74. The van der Waals surface area contributed by atoms with Gasteiger partial charge < -0.3 is 10.6 Å². The third-order valence-electron chi connectivity index (χ3n) is 3.79. The van der Waals surface area contributed by atoms with Gasteiger partial charge in [0.25, 0.3) is 0 Å². The number of hydrogen-bond donors (Lipinski definition) is 1. The maximum atomic E-state index is 12.0. The lowest BCUT2D eigenvalue weighted by Gasteiger charge is -2.46. The molecule has 3 aliphatic rings. The van der Waals surface area contributed by atoms with Crippen LogP contribution >= 0.6 is 0 Å². The molecule has 3 heteroatoms. The first-order valence-electron chi connectivity index (χ1n) is 5.86. The monoisotopic (exact) mass is 216 g/mol. The molecule has 0 atom stereocenters. The molecule has 4 rings (SSSR count). The molecule has 84 valence electrons. The normalized spacial score (nSPS) is 27.8. The maximum absolute atomic E-state index is 12.0. The molecule has 3 nitrogen and oxygen atoms in total. The van der Waals surface area contributed by atoms with E-state index in [0.717, 1.165) is 36.6 Å². The first-order valence-corrected chi connectivity index (χ1v) is 5.86. The van der Waals surface area contributed by atoms with Crippen molar-refractivity contribution in [3.63, 3.8) is 0 Å². The zero-order chi connectivity index (χ0) is 11.1. The van der Waals surface area contributed by atoms with Crippen LogP contribution in [-0.2, 0) is 11.3 Å². The Labute approximate surface area is 95.2 Å². The van der Waals surface area contributed by atoms with Crippen LogP contribution < -0.4 is 5.73 Å². The minimum absolute atomic E-state index is 0.309. The van der Waals surface area contributed by atoms with Crippen molar-refractivity contribution in [1.29, 1.82) is 0 Å². The molecule has 0 spiro atoms. The topological polar surface area (TPSA) is 46.3 Å². The fraction of sp³-hybridized carbons (Fsp3) is 0.462. The van der Waals surface area contributed by atoms with Crippen LogP contribution in [0.25, 0.3) is 0 Å². The molecule has 2 saturated heterocycles. The predicted molar refractivity (Wildman–Crippen MR) is 62.5 cm³/mol. The highest BCUT2D eigenvalue weighted by molar-refractivity contribution is 5.81. The second-order valence-electron chi connectivity index (χ2n) is 4.95. The fourth-order valence-electron chi connectivity index (χ4n) is 2.77. The van der Waals surface area contributed by atoms with Gasteiger partial charge in [0.15, 0.2) is 0 Å². The summed E-state index contributed by atoms with van der Waals surface area (Å²) in [5, 5.41) is 0. The summed E-state index contributed by atoms with van der Waals surface area (Å²) in [6, 6.07) is 7.79.